The van der Waals surface area contributed by atoms with Gasteiger partial charge in [-0.3, -0.25) is 0 Å². The van der Waals surface area contributed by atoms with Crippen molar-refractivity contribution in [2.45, 2.75) is 48.5 Å². The van der Waals surface area contributed by atoms with Gasteiger partial charge in [-0.2, -0.15) is 0 Å². The zero-order chi connectivity index (χ0) is 17.1. The Morgan fingerprint density at radius 1 is 0.696 bits per heavy atom. The number of rotatable bonds is 3. The lowest BCUT2D eigenvalue weighted by molar-refractivity contribution is 1.34. The molecular formula is C22H27P. The molecule has 0 amide bonds. The average Bonchev–Trinajstić information content (AvgIpc) is 2.41. The summed E-state index contributed by atoms with van der Waals surface area (Å²) >= 11 is 0. The molecular weight excluding hydrogens is 295 g/mol. The van der Waals surface area contributed by atoms with Gasteiger partial charge in [-0.05, 0) is 89.3 Å². The van der Waals surface area contributed by atoms with E-state index in [0.717, 1.165) is 6.16 Å². The molecule has 2 rings (SSSR count). The SMILES string of the molecule is CC#CCP(c1c(C)cc(C)cc1C)c1c(C)cc(C)cc1C. The maximum absolute atomic E-state index is 3.36. The molecule has 0 bridgehead atoms. The first kappa shape index (κ1) is 17.8. The summed E-state index contributed by atoms with van der Waals surface area (Å²) in [5, 5.41) is 3.03. The van der Waals surface area contributed by atoms with Crippen LogP contribution < -0.4 is 10.6 Å². The third-order valence-electron chi connectivity index (χ3n) is 4.22. The summed E-state index contributed by atoms with van der Waals surface area (Å²) in [6.45, 7) is 15.3. The summed E-state index contributed by atoms with van der Waals surface area (Å²) in [5.74, 6) is 6.47. The van der Waals surface area contributed by atoms with Crippen LogP contribution in [0, 0.1) is 53.4 Å². The minimum atomic E-state index is -0.438. The fourth-order valence-electron chi connectivity index (χ4n) is 3.62. The highest BCUT2D eigenvalue weighted by Crippen LogP contribution is 2.38. The number of hydrogen-bond donors (Lipinski definition) is 0. The number of hydrogen-bond acceptors (Lipinski definition) is 0. The topological polar surface area (TPSA) is 0 Å². The van der Waals surface area contributed by atoms with Crippen LogP contribution in [0.1, 0.15) is 40.3 Å². The lowest BCUT2D eigenvalue weighted by atomic mass is 10.1. The van der Waals surface area contributed by atoms with Crippen molar-refractivity contribution in [2.75, 3.05) is 6.16 Å². The molecule has 0 aliphatic heterocycles. The Morgan fingerprint density at radius 2 is 1.04 bits per heavy atom. The molecule has 0 aromatic heterocycles. The predicted octanol–water partition coefficient (Wildman–Crippen LogP) is 4.99. The van der Waals surface area contributed by atoms with Crippen molar-refractivity contribution in [3.63, 3.8) is 0 Å². The van der Waals surface area contributed by atoms with Gasteiger partial charge in [-0.25, -0.2) is 0 Å². The zero-order valence-corrected chi connectivity index (χ0v) is 16.4. The summed E-state index contributed by atoms with van der Waals surface area (Å²) in [6, 6.07) is 9.26. The molecule has 0 aliphatic rings. The average molecular weight is 322 g/mol. The maximum Gasteiger partial charge on any atom is 0.0372 e. The third kappa shape index (κ3) is 3.85. The molecule has 2 aromatic rings. The van der Waals surface area contributed by atoms with E-state index < -0.39 is 7.92 Å². The van der Waals surface area contributed by atoms with Crippen LogP contribution in [0.5, 0.6) is 0 Å². The molecule has 0 N–H and O–H groups in total. The van der Waals surface area contributed by atoms with E-state index in [2.05, 4.69) is 77.6 Å². The molecule has 1 heteroatoms. The van der Waals surface area contributed by atoms with Crippen LogP contribution >= 0.6 is 7.92 Å². The van der Waals surface area contributed by atoms with Crippen molar-refractivity contribution < 1.29 is 0 Å². The smallest absolute Gasteiger partial charge is 0.0372 e. The van der Waals surface area contributed by atoms with Crippen molar-refractivity contribution in [3.8, 4) is 11.8 Å². The van der Waals surface area contributed by atoms with E-state index in [-0.39, 0.29) is 0 Å². The molecule has 23 heavy (non-hydrogen) atoms. The monoisotopic (exact) mass is 322 g/mol. The van der Waals surface area contributed by atoms with Gasteiger partial charge in [0.05, 0.1) is 0 Å². The Bertz CT molecular complexity index is 684. The summed E-state index contributed by atoms with van der Waals surface area (Å²) in [6.07, 6.45) is 0.946. The fourth-order valence-corrected chi connectivity index (χ4v) is 6.44. The summed E-state index contributed by atoms with van der Waals surface area (Å²) in [5.41, 5.74) is 8.32. The molecule has 0 spiro atoms. The van der Waals surface area contributed by atoms with Gasteiger partial charge in [-0.15, -0.1) is 5.92 Å². The molecule has 0 nitrogen and oxygen atoms in total. The Labute approximate surface area is 143 Å². The van der Waals surface area contributed by atoms with Crippen molar-refractivity contribution in [2.24, 2.45) is 0 Å². The molecule has 0 unspecified atom stereocenters. The Kier molecular flexibility index (Phi) is 5.67. The van der Waals surface area contributed by atoms with E-state index in [1.54, 1.807) is 0 Å². The first-order valence-electron chi connectivity index (χ1n) is 8.18. The maximum atomic E-state index is 3.36. The Hall–Kier alpha value is -1.57. The van der Waals surface area contributed by atoms with Gasteiger partial charge >= 0.3 is 0 Å². The van der Waals surface area contributed by atoms with Crippen LogP contribution in [0.25, 0.3) is 0 Å². The molecule has 0 saturated carbocycles. The second-order valence-corrected chi connectivity index (χ2v) is 8.57. The molecule has 0 saturated heterocycles. The van der Waals surface area contributed by atoms with Crippen molar-refractivity contribution in [3.05, 3.63) is 57.6 Å². The minimum absolute atomic E-state index is 0.438. The molecule has 0 fully saturated rings. The van der Waals surface area contributed by atoms with Gasteiger partial charge in [0, 0.05) is 6.16 Å². The standard InChI is InChI=1S/C22H27P/c1-8-9-10-23(21-17(4)11-15(2)12-18(21)5)22-19(6)13-16(3)14-20(22)7/h11-14H,10H2,1-7H3. The molecule has 0 radical (unpaired) electrons. The van der Waals surface area contributed by atoms with Crippen LogP contribution in [0.2, 0.25) is 0 Å². The number of aryl methyl sites for hydroxylation is 6. The first-order valence-corrected chi connectivity index (χ1v) is 9.70. The highest BCUT2D eigenvalue weighted by molar-refractivity contribution is 7.73. The van der Waals surface area contributed by atoms with Crippen molar-refractivity contribution >= 4 is 18.5 Å². The van der Waals surface area contributed by atoms with E-state index in [1.165, 1.54) is 44.0 Å². The predicted molar refractivity (Wildman–Crippen MR) is 106 cm³/mol. The molecule has 0 heterocycles. The van der Waals surface area contributed by atoms with E-state index in [1.807, 2.05) is 6.92 Å². The molecule has 0 atom stereocenters. The lowest BCUT2D eigenvalue weighted by Gasteiger charge is -2.25. The second kappa shape index (κ2) is 7.33. The van der Waals surface area contributed by atoms with Crippen LogP contribution in [0.3, 0.4) is 0 Å². The normalized spacial score (nSPS) is 10.6. The molecule has 0 aliphatic carbocycles. The van der Waals surface area contributed by atoms with E-state index in [4.69, 9.17) is 0 Å². The highest BCUT2D eigenvalue weighted by Gasteiger charge is 2.21. The van der Waals surface area contributed by atoms with Crippen LogP contribution in [0.15, 0.2) is 24.3 Å². The number of benzene rings is 2. The van der Waals surface area contributed by atoms with Gasteiger partial charge in [0.1, 0.15) is 0 Å². The largest absolute Gasteiger partial charge is 0.106 e. The summed E-state index contributed by atoms with van der Waals surface area (Å²) in [4.78, 5) is 0. The lowest BCUT2D eigenvalue weighted by Crippen LogP contribution is -2.23. The van der Waals surface area contributed by atoms with Gasteiger partial charge in [-0.1, -0.05) is 41.3 Å². The van der Waals surface area contributed by atoms with Gasteiger partial charge in [0.2, 0.25) is 0 Å². The van der Waals surface area contributed by atoms with E-state index in [9.17, 15) is 0 Å². The highest BCUT2D eigenvalue weighted by atomic mass is 31.1. The fraction of sp³-hybridized carbons (Fsp3) is 0.364. The van der Waals surface area contributed by atoms with E-state index in [0.29, 0.717) is 0 Å². The van der Waals surface area contributed by atoms with Crippen LogP contribution in [-0.4, -0.2) is 6.16 Å². The zero-order valence-electron chi connectivity index (χ0n) is 15.5. The summed E-state index contributed by atoms with van der Waals surface area (Å²) in [7, 11) is -0.438. The van der Waals surface area contributed by atoms with E-state index >= 15 is 0 Å². The third-order valence-corrected chi connectivity index (χ3v) is 7.19. The van der Waals surface area contributed by atoms with Crippen LogP contribution in [-0.2, 0) is 0 Å². The Morgan fingerprint density at radius 3 is 1.35 bits per heavy atom. The van der Waals surface area contributed by atoms with Crippen molar-refractivity contribution in [1.29, 1.82) is 0 Å². The molecule has 120 valence electrons. The molecule has 2 aromatic carbocycles. The minimum Gasteiger partial charge on any atom is -0.106 e. The van der Waals surface area contributed by atoms with Crippen molar-refractivity contribution in [1.82, 2.24) is 0 Å². The van der Waals surface area contributed by atoms with Gasteiger partial charge < -0.3 is 0 Å². The Balaban J connectivity index is 2.71. The summed E-state index contributed by atoms with van der Waals surface area (Å²) < 4.78 is 0. The van der Waals surface area contributed by atoms with Gasteiger partial charge in [0.25, 0.3) is 0 Å². The van der Waals surface area contributed by atoms with Gasteiger partial charge in [0.15, 0.2) is 0 Å². The van der Waals surface area contributed by atoms with Crippen LogP contribution in [0.4, 0.5) is 0 Å². The quantitative estimate of drug-likeness (QED) is 0.551. The second-order valence-electron chi connectivity index (χ2n) is 6.51. The first-order chi connectivity index (χ1) is 10.8.